The summed E-state index contributed by atoms with van der Waals surface area (Å²) in [6.07, 6.45) is 18.0. The van der Waals surface area contributed by atoms with Gasteiger partial charge in [-0.1, -0.05) is 90.9 Å². The van der Waals surface area contributed by atoms with E-state index in [-0.39, 0.29) is 0 Å². The Morgan fingerprint density at radius 3 is 0.429 bits per heavy atom. The van der Waals surface area contributed by atoms with Crippen LogP contribution in [0.4, 0.5) is 0 Å². The zero-order valence-electron chi connectivity index (χ0n) is 10.5. The second-order valence-corrected chi connectivity index (χ2v) is 4.24. The number of hydrogen-bond acceptors (Lipinski definition) is 0. The third-order valence-corrected chi connectivity index (χ3v) is 3.00. The minimum Gasteiger partial charge on any atom is -0.0683 e. The van der Waals surface area contributed by atoms with Crippen LogP contribution >= 0.6 is 0 Å². The average Bonchev–Trinajstić information content (AvgIpc) is 2.22. The maximum Gasteiger partial charge on any atom is -0.0533 e. The molecule has 86 valence electrons. The molecule has 0 atom stereocenters. The molecule has 0 saturated heterocycles. The third-order valence-electron chi connectivity index (χ3n) is 3.00. The lowest BCUT2D eigenvalue weighted by Crippen LogP contribution is -1.85. The van der Waals surface area contributed by atoms with Gasteiger partial charge >= 0.3 is 0 Å². The Morgan fingerprint density at radius 1 is 0.286 bits per heavy atom. The van der Waals surface area contributed by atoms with Gasteiger partial charge in [0.25, 0.3) is 0 Å². The van der Waals surface area contributed by atoms with E-state index in [9.17, 15) is 0 Å². The second kappa shape index (κ2) is 13.0. The Balaban J connectivity index is 0.000000791. The van der Waals surface area contributed by atoms with Crippen LogP contribution in [0.2, 0.25) is 0 Å². The molecule has 0 aromatic carbocycles. The normalized spacial score (nSPS) is 21.0. The summed E-state index contributed by atoms with van der Waals surface area (Å²) < 4.78 is 0. The van der Waals surface area contributed by atoms with E-state index < -0.39 is 0 Å². The molecule has 1 rings (SSSR count). The molecule has 0 aliphatic heterocycles. The minimum atomic E-state index is 1.50. The first-order valence-corrected chi connectivity index (χ1v) is 7.00. The van der Waals surface area contributed by atoms with Crippen molar-refractivity contribution in [1.29, 1.82) is 0 Å². The van der Waals surface area contributed by atoms with E-state index in [1.54, 1.807) is 0 Å². The summed E-state index contributed by atoms with van der Waals surface area (Å²) in [6.45, 7) is 4.00. The highest BCUT2D eigenvalue weighted by Gasteiger charge is 1.96. The van der Waals surface area contributed by atoms with Crippen molar-refractivity contribution in [2.24, 2.45) is 0 Å². The molecule has 0 heterocycles. The van der Waals surface area contributed by atoms with Crippen molar-refractivity contribution < 1.29 is 0 Å². The fraction of sp³-hybridized carbons (Fsp3) is 1.00. The van der Waals surface area contributed by atoms with Crippen molar-refractivity contribution in [1.82, 2.24) is 0 Å². The van der Waals surface area contributed by atoms with Crippen molar-refractivity contribution in [3.63, 3.8) is 0 Å². The lowest BCUT2D eigenvalue weighted by atomic mass is 10.0. The quantitative estimate of drug-likeness (QED) is 0.468. The standard InChI is InChI=1S/C12H24.C2H6/c1-2-4-6-8-10-12-11-9-7-5-3-1;1-2/h1-12H2;1-2H3. The maximum atomic E-state index is 2.00. The Bertz CT molecular complexity index is 43.0. The first kappa shape index (κ1) is 14.0. The SMILES string of the molecule is C1CCCCCCCCCCC1.CC. The molecule has 0 radical (unpaired) electrons. The fourth-order valence-electron chi connectivity index (χ4n) is 2.12. The van der Waals surface area contributed by atoms with Crippen molar-refractivity contribution in [3.8, 4) is 0 Å². The van der Waals surface area contributed by atoms with Crippen LogP contribution in [0.25, 0.3) is 0 Å². The Hall–Kier alpha value is 0. The van der Waals surface area contributed by atoms with Gasteiger partial charge < -0.3 is 0 Å². The lowest BCUT2D eigenvalue weighted by molar-refractivity contribution is 0.504. The molecule has 0 bridgehead atoms. The van der Waals surface area contributed by atoms with E-state index in [1.165, 1.54) is 77.0 Å². The molecule has 1 fully saturated rings. The van der Waals surface area contributed by atoms with Crippen LogP contribution in [0.1, 0.15) is 90.9 Å². The molecule has 0 aromatic rings. The molecule has 0 aromatic heterocycles. The van der Waals surface area contributed by atoms with E-state index in [2.05, 4.69) is 0 Å². The Labute approximate surface area is 91.5 Å². The van der Waals surface area contributed by atoms with Gasteiger partial charge in [0, 0.05) is 0 Å². The highest BCUT2D eigenvalue weighted by atomic mass is 14.0. The van der Waals surface area contributed by atoms with E-state index in [0.29, 0.717) is 0 Å². The fourth-order valence-corrected chi connectivity index (χ4v) is 2.12. The first-order chi connectivity index (χ1) is 7.00. The van der Waals surface area contributed by atoms with Gasteiger partial charge in [0.05, 0.1) is 0 Å². The number of rotatable bonds is 0. The smallest absolute Gasteiger partial charge is 0.0533 e. The molecule has 0 unspecified atom stereocenters. The van der Waals surface area contributed by atoms with Crippen molar-refractivity contribution >= 4 is 0 Å². The largest absolute Gasteiger partial charge is 0.0683 e. The van der Waals surface area contributed by atoms with Crippen molar-refractivity contribution in [2.75, 3.05) is 0 Å². The molecule has 14 heavy (non-hydrogen) atoms. The molecule has 0 amide bonds. The maximum absolute atomic E-state index is 2.00. The monoisotopic (exact) mass is 198 g/mol. The van der Waals surface area contributed by atoms with E-state index >= 15 is 0 Å². The highest BCUT2D eigenvalue weighted by Crippen LogP contribution is 2.15. The predicted molar refractivity (Wildman–Crippen MR) is 66.8 cm³/mol. The minimum absolute atomic E-state index is 1.50. The highest BCUT2D eigenvalue weighted by molar-refractivity contribution is 4.51. The van der Waals surface area contributed by atoms with Crippen LogP contribution in [0.15, 0.2) is 0 Å². The van der Waals surface area contributed by atoms with Crippen LogP contribution < -0.4 is 0 Å². The van der Waals surface area contributed by atoms with Gasteiger partial charge in [-0.3, -0.25) is 0 Å². The van der Waals surface area contributed by atoms with E-state index in [0.717, 1.165) is 0 Å². The Morgan fingerprint density at radius 2 is 0.357 bits per heavy atom. The Kier molecular flexibility index (Phi) is 13.0. The number of hydrogen-bond donors (Lipinski definition) is 0. The molecule has 0 N–H and O–H groups in total. The summed E-state index contributed by atoms with van der Waals surface area (Å²) in [6, 6.07) is 0. The zero-order chi connectivity index (χ0) is 10.5. The van der Waals surface area contributed by atoms with E-state index in [4.69, 9.17) is 0 Å². The van der Waals surface area contributed by atoms with Crippen LogP contribution in [0, 0.1) is 0 Å². The van der Waals surface area contributed by atoms with E-state index in [1.807, 2.05) is 13.8 Å². The van der Waals surface area contributed by atoms with Gasteiger partial charge in [-0.15, -0.1) is 0 Å². The van der Waals surface area contributed by atoms with Gasteiger partial charge in [-0.05, 0) is 0 Å². The second-order valence-electron chi connectivity index (χ2n) is 4.24. The van der Waals surface area contributed by atoms with Gasteiger partial charge in [-0.25, -0.2) is 0 Å². The summed E-state index contributed by atoms with van der Waals surface area (Å²) in [7, 11) is 0. The third kappa shape index (κ3) is 10.1. The summed E-state index contributed by atoms with van der Waals surface area (Å²) in [5.41, 5.74) is 0. The average molecular weight is 198 g/mol. The van der Waals surface area contributed by atoms with Crippen LogP contribution in [0.3, 0.4) is 0 Å². The molecular weight excluding hydrogens is 168 g/mol. The lowest BCUT2D eigenvalue weighted by Gasteiger charge is -2.05. The predicted octanol–water partition coefficient (Wildman–Crippen LogP) is 5.71. The van der Waals surface area contributed by atoms with Gasteiger partial charge in [0.15, 0.2) is 0 Å². The van der Waals surface area contributed by atoms with Gasteiger partial charge in [0.2, 0.25) is 0 Å². The summed E-state index contributed by atoms with van der Waals surface area (Å²) in [4.78, 5) is 0. The molecule has 1 aliphatic rings. The summed E-state index contributed by atoms with van der Waals surface area (Å²) in [5, 5.41) is 0. The van der Waals surface area contributed by atoms with Crippen LogP contribution in [-0.4, -0.2) is 0 Å². The van der Waals surface area contributed by atoms with Gasteiger partial charge in [0.1, 0.15) is 0 Å². The van der Waals surface area contributed by atoms with Crippen LogP contribution in [0.5, 0.6) is 0 Å². The van der Waals surface area contributed by atoms with Crippen LogP contribution in [-0.2, 0) is 0 Å². The molecule has 0 nitrogen and oxygen atoms in total. The van der Waals surface area contributed by atoms with Gasteiger partial charge in [-0.2, -0.15) is 0 Å². The molecule has 0 spiro atoms. The van der Waals surface area contributed by atoms with Crippen molar-refractivity contribution in [2.45, 2.75) is 90.9 Å². The summed E-state index contributed by atoms with van der Waals surface area (Å²) >= 11 is 0. The first-order valence-electron chi connectivity index (χ1n) is 7.00. The molecular formula is C14H30. The van der Waals surface area contributed by atoms with Crippen molar-refractivity contribution in [3.05, 3.63) is 0 Å². The molecule has 1 saturated carbocycles. The summed E-state index contributed by atoms with van der Waals surface area (Å²) in [5.74, 6) is 0. The topological polar surface area (TPSA) is 0 Å². The zero-order valence-corrected chi connectivity index (χ0v) is 10.5. The molecule has 0 heteroatoms. The molecule has 1 aliphatic carbocycles.